The molecule has 6 nitrogen and oxygen atoms in total. The standard InChI is InChI=1S/C24H32N2O4/c1-3-29-23(27)24(10-6-11-26(17-24)15-19-9-12-28-16-19)14-20-13-22(25-30-20)21-8-5-4-7-18(21)2/h4-5,7-8,13,19H,3,6,9-12,14-17H2,1-2H3/t19-,24+/m0/s1. The van der Waals surface area contributed by atoms with Crippen LogP contribution in [-0.2, 0) is 20.7 Å². The molecule has 0 N–H and O–H groups in total. The molecule has 2 fully saturated rings. The van der Waals surface area contributed by atoms with E-state index in [9.17, 15) is 4.79 Å². The van der Waals surface area contributed by atoms with Gasteiger partial charge in [0.2, 0.25) is 0 Å². The van der Waals surface area contributed by atoms with Gasteiger partial charge in [-0.3, -0.25) is 4.79 Å². The molecule has 162 valence electrons. The highest BCUT2D eigenvalue weighted by atomic mass is 16.5. The first-order chi connectivity index (χ1) is 14.6. The second kappa shape index (κ2) is 9.31. The SMILES string of the molecule is CCOC(=O)[C@@]1(Cc2cc(-c3ccccc3C)no2)CCCN(C[C@@H]2CCOC2)C1. The summed E-state index contributed by atoms with van der Waals surface area (Å²) in [6.45, 7) is 8.69. The monoisotopic (exact) mass is 412 g/mol. The molecule has 6 heteroatoms. The van der Waals surface area contributed by atoms with Gasteiger partial charge in [0.25, 0.3) is 0 Å². The normalized spacial score (nSPS) is 24.8. The Morgan fingerprint density at radius 1 is 1.37 bits per heavy atom. The first-order valence-electron chi connectivity index (χ1n) is 11.1. The quantitative estimate of drug-likeness (QED) is 0.643. The van der Waals surface area contributed by atoms with E-state index in [4.69, 9.17) is 14.0 Å². The van der Waals surface area contributed by atoms with Crippen molar-refractivity contribution in [2.45, 2.75) is 39.5 Å². The highest BCUT2D eigenvalue weighted by Crippen LogP contribution is 2.37. The van der Waals surface area contributed by atoms with E-state index in [-0.39, 0.29) is 5.97 Å². The predicted molar refractivity (Wildman–Crippen MR) is 114 cm³/mol. The molecule has 0 spiro atoms. The zero-order chi connectivity index (χ0) is 21.0. The Bertz CT molecular complexity index is 858. The van der Waals surface area contributed by atoms with Gasteiger partial charge in [-0.25, -0.2) is 0 Å². The number of benzene rings is 1. The lowest BCUT2D eigenvalue weighted by molar-refractivity contribution is -0.159. The smallest absolute Gasteiger partial charge is 0.313 e. The number of carbonyl (C=O) groups is 1. The maximum Gasteiger partial charge on any atom is 0.313 e. The van der Waals surface area contributed by atoms with Crippen molar-refractivity contribution in [1.29, 1.82) is 0 Å². The van der Waals surface area contributed by atoms with Crippen molar-refractivity contribution in [3.05, 3.63) is 41.7 Å². The molecule has 30 heavy (non-hydrogen) atoms. The van der Waals surface area contributed by atoms with Crippen LogP contribution in [0.5, 0.6) is 0 Å². The van der Waals surface area contributed by atoms with Crippen LogP contribution in [0.1, 0.15) is 37.5 Å². The summed E-state index contributed by atoms with van der Waals surface area (Å²) in [5, 5.41) is 4.29. The van der Waals surface area contributed by atoms with Gasteiger partial charge < -0.3 is 18.9 Å². The summed E-state index contributed by atoms with van der Waals surface area (Å²) < 4.78 is 16.8. The molecule has 0 amide bonds. The molecule has 2 aromatic rings. The van der Waals surface area contributed by atoms with E-state index >= 15 is 0 Å². The summed E-state index contributed by atoms with van der Waals surface area (Å²) in [4.78, 5) is 15.5. The molecule has 3 heterocycles. The van der Waals surface area contributed by atoms with Crippen LogP contribution in [0.2, 0.25) is 0 Å². The van der Waals surface area contributed by atoms with Crippen molar-refractivity contribution in [3.8, 4) is 11.3 Å². The number of aryl methyl sites for hydroxylation is 1. The van der Waals surface area contributed by atoms with Gasteiger partial charge in [0.05, 0.1) is 18.6 Å². The van der Waals surface area contributed by atoms with E-state index in [1.54, 1.807) is 0 Å². The molecule has 0 aliphatic carbocycles. The maximum atomic E-state index is 13.1. The van der Waals surface area contributed by atoms with Crippen LogP contribution < -0.4 is 0 Å². The summed E-state index contributed by atoms with van der Waals surface area (Å²) >= 11 is 0. The number of hydrogen-bond acceptors (Lipinski definition) is 6. The van der Waals surface area contributed by atoms with Crippen LogP contribution in [0.15, 0.2) is 34.9 Å². The van der Waals surface area contributed by atoms with Gasteiger partial charge in [0, 0.05) is 37.7 Å². The molecule has 0 saturated carbocycles. The van der Waals surface area contributed by atoms with E-state index in [1.165, 1.54) is 0 Å². The summed E-state index contributed by atoms with van der Waals surface area (Å²) in [7, 11) is 0. The lowest BCUT2D eigenvalue weighted by Gasteiger charge is -2.41. The zero-order valence-corrected chi connectivity index (χ0v) is 18.1. The maximum absolute atomic E-state index is 13.1. The number of hydrogen-bond donors (Lipinski definition) is 0. The molecule has 2 aliphatic heterocycles. The zero-order valence-electron chi connectivity index (χ0n) is 18.1. The fraction of sp³-hybridized carbons (Fsp3) is 0.583. The Kier molecular flexibility index (Phi) is 6.54. The first kappa shape index (κ1) is 21.1. The van der Waals surface area contributed by atoms with Crippen LogP contribution >= 0.6 is 0 Å². The minimum absolute atomic E-state index is 0.119. The van der Waals surface area contributed by atoms with E-state index in [1.807, 2.05) is 31.2 Å². The third kappa shape index (κ3) is 4.60. The number of esters is 1. The van der Waals surface area contributed by atoms with Crippen molar-refractivity contribution in [1.82, 2.24) is 10.1 Å². The number of piperidine rings is 1. The topological polar surface area (TPSA) is 64.8 Å². The second-order valence-electron chi connectivity index (χ2n) is 8.74. The van der Waals surface area contributed by atoms with Crippen LogP contribution in [0.25, 0.3) is 11.3 Å². The van der Waals surface area contributed by atoms with Crippen molar-refractivity contribution in [2.75, 3.05) is 39.5 Å². The van der Waals surface area contributed by atoms with E-state index < -0.39 is 5.41 Å². The number of aromatic nitrogens is 1. The number of ether oxygens (including phenoxy) is 2. The van der Waals surface area contributed by atoms with Crippen LogP contribution in [-0.4, -0.2) is 55.5 Å². The van der Waals surface area contributed by atoms with Crippen LogP contribution in [0.3, 0.4) is 0 Å². The van der Waals surface area contributed by atoms with Gasteiger partial charge in [-0.2, -0.15) is 0 Å². The first-order valence-corrected chi connectivity index (χ1v) is 11.1. The lowest BCUT2D eigenvalue weighted by atomic mass is 9.76. The van der Waals surface area contributed by atoms with E-state index in [2.05, 4.69) is 23.0 Å². The van der Waals surface area contributed by atoms with Crippen LogP contribution in [0, 0.1) is 18.3 Å². The molecule has 2 atom stereocenters. The molecule has 0 bridgehead atoms. The highest BCUT2D eigenvalue weighted by Gasteiger charge is 2.45. The average Bonchev–Trinajstić information content (AvgIpc) is 3.41. The van der Waals surface area contributed by atoms with Gasteiger partial charge in [-0.15, -0.1) is 0 Å². The molecule has 2 saturated heterocycles. The second-order valence-corrected chi connectivity index (χ2v) is 8.74. The Labute approximate surface area is 178 Å². The average molecular weight is 413 g/mol. The lowest BCUT2D eigenvalue weighted by Crippen LogP contribution is -2.50. The van der Waals surface area contributed by atoms with Crippen molar-refractivity contribution < 1.29 is 18.8 Å². The van der Waals surface area contributed by atoms with Gasteiger partial charge in [0.15, 0.2) is 0 Å². The largest absolute Gasteiger partial charge is 0.466 e. The molecule has 0 unspecified atom stereocenters. The Morgan fingerprint density at radius 2 is 2.23 bits per heavy atom. The van der Waals surface area contributed by atoms with Gasteiger partial charge in [0.1, 0.15) is 11.5 Å². The highest BCUT2D eigenvalue weighted by molar-refractivity contribution is 5.78. The summed E-state index contributed by atoms with van der Waals surface area (Å²) in [6, 6.07) is 10.1. The van der Waals surface area contributed by atoms with E-state index in [0.29, 0.717) is 25.5 Å². The number of nitrogens with zero attached hydrogens (tertiary/aromatic N) is 2. The van der Waals surface area contributed by atoms with Crippen molar-refractivity contribution >= 4 is 5.97 Å². The van der Waals surface area contributed by atoms with Crippen molar-refractivity contribution in [3.63, 3.8) is 0 Å². The Hall–Kier alpha value is -2.18. The molecule has 4 rings (SSSR count). The Morgan fingerprint density at radius 3 is 3.00 bits per heavy atom. The summed E-state index contributed by atoms with van der Waals surface area (Å²) in [5.41, 5.74) is 2.44. The number of rotatable bonds is 7. The fourth-order valence-electron chi connectivity index (χ4n) is 4.86. The predicted octanol–water partition coefficient (Wildman–Crippen LogP) is 3.87. The molecular formula is C24H32N2O4. The molecular weight excluding hydrogens is 380 g/mol. The summed E-state index contributed by atoms with van der Waals surface area (Å²) in [6.07, 6.45) is 3.41. The number of likely N-dealkylation sites (tertiary alicyclic amines) is 1. The molecule has 0 radical (unpaired) electrons. The number of carbonyl (C=O) groups excluding carboxylic acids is 1. The van der Waals surface area contributed by atoms with Gasteiger partial charge >= 0.3 is 5.97 Å². The Balaban J connectivity index is 1.53. The fourth-order valence-corrected chi connectivity index (χ4v) is 4.86. The third-order valence-electron chi connectivity index (χ3n) is 6.40. The molecule has 2 aliphatic rings. The minimum Gasteiger partial charge on any atom is -0.466 e. The van der Waals surface area contributed by atoms with Gasteiger partial charge in [-0.1, -0.05) is 29.4 Å². The van der Waals surface area contributed by atoms with Crippen molar-refractivity contribution in [2.24, 2.45) is 11.3 Å². The minimum atomic E-state index is -0.587. The van der Waals surface area contributed by atoms with Crippen LogP contribution in [0.4, 0.5) is 0 Å². The summed E-state index contributed by atoms with van der Waals surface area (Å²) in [5.74, 6) is 1.18. The third-order valence-corrected chi connectivity index (χ3v) is 6.40. The van der Waals surface area contributed by atoms with Gasteiger partial charge in [-0.05, 0) is 51.1 Å². The molecule has 1 aromatic heterocycles. The molecule has 1 aromatic carbocycles. The van der Waals surface area contributed by atoms with E-state index in [0.717, 1.165) is 68.1 Å².